The smallest absolute Gasteiger partial charge is 0.307 e. The maximum absolute atomic E-state index is 11.5. The molecule has 10 heteroatoms. The summed E-state index contributed by atoms with van der Waals surface area (Å²) in [7, 11) is 0. The van der Waals surface area contributed by atoms with E-state index in [1.165, 1.54) is 25.1 Å². The predicted molar refractivity (Wildman–Crippen MR) is 130 cm³/mol. The number of nitrogens with one attached hydrogen (secondary N) is 3. The number of aromatic amines is 1. The predicted octanol–water partition coefficient (Wildman–Crippen LogP) is 2.86. The molecular formula is C25H23N5O5. The highest BCUT2D eigenvalue weighted by molar-refractivity contribution is 5.98. The molecule has 0 unspecified atom stereocenters. The van der Waals surface area contributed by atoms with Crippen LogP contribution < -0.4 is 11.1 Å². The number of carbonyl (C=O) groups is 2. The van der Waals surface area contributed by atoms with E-state index in [2.05, 4.69) is 15.3 Å². The van der Waals surface area contributed by atoms with E-state index < -0.39 is 5.97 Å². The zero-order valence-electron chi connectivity index (χ0n) is 18.7. The molecule has 178 valence electrons. The van der Waals surface area contributed by atoms with Crippen molar-refractivity contribution in [1.29, 1.82) is 5.41 Å². The van der Waals surface area contributed by atoms with Crippen molar-refractivity contribution in [1.82, 2.24) is 15.3 Å². The molecule has 4 rings (SSSR count). The van der Waals surface area contributed by atoms with E-state index in [9.17, 15) is 24.9 Å². The Morgan fingerprint density at radius 1 is 1.03 bits per heavy atom. The number of aliphatic carboxylic acids is 1. The number of hydrogen-bond donors (Lipinski definition) is 7. The molecule has 1 aromatic heterocycles. The van der Waals surface area contributed by atoms with Gasteiger partial charge in [0.05, 0.1) is 23.0 Å². The quantitative estimate of drug-likeness (QED) is 0.159. The van der Waals surface area contributed by atoms with Crippen LogP contribution in [0.3, 0.4) is 0 Å². The summed E-state index contributed by atoms with van der Waals surface area (Å²) in [6, 6.07) is 12.7. The molecule has 0 aliphatic carbocycles. The number of imidazole rings is 1. The Morgan fingerprint density at radius 3 is 2.43 bits per heavy atom. The number of H-pyrrole nitrogens is 1. The zero-order chi connectivity index (χ0) is 25.3. The van der Waals surface area contributed by atoms with Crippen molar-refractivity contribution in [3.63, 3.8) is 0 Å². The Bertz CT molecular complexity index is 1490. The normalized spacial score (nSPS) is 10.9. The van der Waals surface area contributed by atoms with Crippen molar-refractivity contribution in [2.75, 3.05) is 0 Å². The summed E-state index contributed by atoms with van der Waals surface area (Å²) in [5, 5.41) is 41.4. The monoisotopic (exact) mass is 473 g/mol. The fourth-order valence-corrected chi connectivity index (χ4v) is 3.80. The molecule has 10 nitrogen and oxygen atoms in total. The molecule has 8 N–H and O–H groups in total. The molecule has 0 spiro atoms. The molecule has 0 saturated carbocycles. The average molecular weight is 473 g/mol. The molecule has 0 fully saturated rings. The Balaban J connectivity index is 1.88. The zero-order valence-corrected chi connectivity index (χ0v) is 18.7. The first-order chi connectivity index (χ1) is 16.6. The second-order valence-electron chi connectivity index (χ2n) is 8.10. The fraction of sp³-hybridized carbons (Fsp3) is 0.120. The van der Waals surface area contributed by atoms with Gasteiger partial charge in [-0.2, -0.15) is 0 Å². The summed E-state index contributed by atoms with van der Waals surface area (Å²) in [5.41, 5.74) is 9.00. The molecule has 3 aromatic carbocycles. The van der Waals surface area contributed by atoms with Gasteiger partial charge in [0.1, 0.15) is 23.2 Å². The Hall–Kier alpha value is -4.86. The van der Waals surface area contributed by atoms with E-state index in [1.54, 1.807) is 30.3 Å². The van der Waals surface area contributed by atoms with E-state index in [1.807, 2.05) is 0 Å². The molecule has 0 saturated heterocycles. The summed E-state index contributed by atoms with van der Waals surface area (Å²) in [6.45, 7) is 1.61. The first-order valence-electron chi connectivity index (χ1n) is 10.6. The van der Waals surface area contributed by atoms with Crippen LogP contribution in [0.25, 0.3) is 33.5 Å². The van der Waals surface area contributed by atoms with Crippen LogP contribution >= 0.6 is 0 Å². The van der Waals surface area contributed by atoms with Crippen LogP contribution in [0, 0.1) is 5.41 Å². The van der Waals surface area contributed by atoms with Crippen LogP contribution in [0.15, 0.2) is 48.5 Å². The third kappa shape index (κ3) is 4.91. The van der Waals surface area contributed by atoms with Gasteiger partial charge in [0.2, 0.25) is 5.91 Å². The first-order valence-corrected chi connectivity index (χ1v) is 10.6. The lowest BCUT2D eigenvalue weighted by Gasteiger charge is -2.14. The average Bonchev–Trinajstić information content (AvgIpc) is 3.22. The number of carboxylic acid groups (broad SMARTS) is 1. The summed E-state index contributed by atoms with van der Waals surface area (Å²) in [4.78, 5) is 30.3. The number of nitrogen functional groups attached to an aromatic ring is 1. The second kappa shape index (κ2) is 9.18. The van der Waals surface area contributed by atoms with Gasteiger partial charge in [0.15, 0.2) is 0 Å². The van der Waals surface area contributed by atoms with Gasteiger partial charge in [-0.3, -0.25) is 15.0 Å². The van der Waals surface area contributed by atoms with E-state index in [-0.39, 0.29) is 58.7 Å². The van der Waals surface area contributed by atoms with Crippen LogP contribution in [-0.2, 0) is 22.6 Å². The van der Waals surface area contributed by atoms with Crippen molar-refractivity contribution >= 4 is 28.7 Å². The van der Waals surface area contributed by atoms with Gasteiger partial charge < -0.3 is 31.4 Å². The number of aromatic hydroxyl groups is 2. The fourth-order valence-electron chi connectivity index (χ4n) is 3.80. The molecule has 1 amide bonds. The molecule has 1 heterocycles. The molecule has 0 aliphatic heterocycles. The lowest BCUT2D eigenvalue weighted by atomic mass is 9.94. The van der Waals surface area contributed by atoms with Crippen LogP contribution in [0.2, 0.25) is 0 Å². The van der Waals surface area contributed by atoms with Gasteiger partial charge >= 0.3 is 5.97 Å². The van der Waals surface area contributed by atoms with Gasteiger partial charge in [0, 0.05) is 30.2 Å². The number of rotatable bonds is 7. The Kier molecular flexibility index (Phi) is 6.11. The second-order valence-corrected chi connectivity index (χ2v) is 8.10. The number of nitrogens with zero attached hydrogens (tertiary/aromatic N) is 1. The highest BCUT2D eigenvalue weighted by atomic mass is 16.4. The van der Waals surface area contributed by atoms with E-state index >= 15 is 0 Å². The van der Waals surface area contributed by atoms with Crippen LogP contribution in [0.5, 0.6) is 11.5 Å². The lowest BCUT2D eigenvalue weighted by Crippen LogP contribution is -2.18. The minimum absolute atomic E-state index is 0.105. The number of hydrogen-bond acceptors (Lipinski definition) is 6. The summed E-state index contributed by atoms with van der Waals surface area (Å²) in [6.07, 6.45) is -0.318. The molecule has 0 aliphatic rings. The van der Waals surface area contributed by atoms with Crippen LogP contribution in [0.4, 0.5) is 0 Å². The number of phenols is 2. The summed E-state index contributed by atoms with van der Waals surface area (Å²) in [5.74, 6) is -1.44. The third-order valence-corrected chi connectivity index (χ3v) is 5.47. The van der Waals surface area contributed by atoms with Gasteiger partial charge in [-0.25, -0.2) is 4.98 Å². The molecule has 0 radical (unpaired) electrons. The van der Waals surface area contributed by atoms with Crippen molar-refractivity contribution < 1.29 is 24.9 Å². The minimum Gasteiger partial charge on any atom is -0.507 e. The van der Waals surface area contributed by atoms with Gasteiger partial charge in [-0.15, -0.1) is 0 Å². The number of carbonyl (C=O) groups excluding carboxylic acids is 1. The van der Waals surface area contributed by atoms with E-state index in [0.717, 1.165) is 0 Å². The molecule has 35 heavy (non-hydrogen) atoms. The number of nitrogens with two attached hydrogens (primary N) is 1. The van der Waals surface area contributed by atoms with Crippen molar-refractivity contribution in [3.8, 4) is 34.0 Å². The number of carboxylic acids is 1. The molecular weight excluding hydrogens is 450 g/mol. The third-order valence-electron chi connectivity index (χ3n) is 5.47. The largest absolute Gasteiger partial charge is 0.507 e. The maximum atomic E-state index is 11.5. The highest BCUT2D eigenvalue weighted by Gasteiger charge is 2.20. The maximum Gasteiger partial charge on any atom is 0.307 e. The molecule has 4 aromatic rings. The number of aromatic nitrogens is 2. The standard InChI is InChI=1S/C25H23N5O5/c1-12(31)28-11-13-2-5-21(32)16(6-13)17-7-14(9-22(33)34)8-18(23(17)35)25-29-19-4-3-15(24(26)27)10-20(19)30-25/h2-8,10,32,35H,9,11H2,1H3,(H3,26,27)(H,28,31)(H,29,30)(H,33,34). The number of amides is 1. The van der Waals surface area contributed by atoms with E-state index in [4.69, 9.17) is 11.1 Å². The van der Waals surface area contributed by atoms with Crippen LogP contribution in [0.1, 0.15) is 23.6 Å². The van der Waals surface area contributed by atoms with Crippen molar-refractivity contribution in [2.24, 2.45) is 5.73 Å². The number of phenolic OH excluding ortho intramolecular Hbond substituents is 2. The van der Waals surface area contributed by atoms with Crippen LogP contribution in [-0.4, -0.2) is 43.0 Å². The van der Waals surface area contributed by atoms with E-state index in [0.29, 0.717) is 27.7 Å². The molecule has 0 atom stereocenters. The number of benzene rings is 3. The Morgan fingerprint density at radius 2 is 1.74 bits per heavy atom. The summed E-state index contributed by atoms with van der Waals surface area (Å²) >= 11 is 0. The molecule has 0 bridgehead atoms. The minimum atomic E-state index is -1.06. The van der Waals surface area contributed by atoms with Crippen molar-refractivity contribution in [3.05, 3.63) is 65.2 Å². The summed E-state index contributed by atoms with van der Waals surface area (Å²) < 4.78 is 0. The first kappa shape index (κ1) is 23.3. The highest BCUT2D eigenvalue weighted by Crippen LogP contribution is 2.42. The van der Waals surface area contributed by atoms with Gasteiger partial charge in [0.25, 0.3) is 0 Å². The van der Waals surface area contributed by atoms with Crippen molar-refractivity contribution in [2.45, 2.75) is 19.9 Å². The van der Waals surface area contributed by atoms with Gasteiger partial charge in [-0.05, 0) is 53.6 Å². The topological polar surface area (TPSA) is 185 Å². The van der Waals surface area contributed by atoms with Gasteiger partial charge in [-0.1, -0.05) is 6.07 Å². The number of fused-ring (bicyclic) bond motifs is 1. The SMILES string of the molecule is CC(=O)NCc1ccc(O)c(-c2cc(CC(=O)O)cc(-c3nc4ccc(C(=N)N)cc4[nH]3)c2O)c1. The Labute approximate surface area is 199 Å². The lowest BCUT2D eigenvalue weighted by molar-refractivity contribution is -0.136. The number of amidine groups is 1.